The molecule has 0 aliphatic rings. The van der Waals surface area contributed by atoms with Gasteiger partial charge in [0.05, 0.1) is 7.11 Å². The maximum Gasteiger partial charge on any atom is 0.422 e. The van der Waals surface area contributed by atoms with Crippen LogP contribution >= 0.6 is 0 Å². The fourth-order valence-corrected chi connectivity index (χ4v) is 1.49. The van der Waals surface area contributed by atoms with Gasteiger partial charge in [-0.3, -0.25) is 0 Å². The minimum absolute atomic E-state index is 0.0309. The second-order valence-corrected chi connectivity index (χ2v) is 4.07. The highest BCUT2D eigenvalue weighted by molar-refractivity contribution is 5.43. The highest BCUT2D eigenvalue weighted by atomic mass is 19.4. The lowest BCUT2D eigenvalue weighted by Crippen LogP contribution is -2.20. The minimum atomic E-state index is -4.37. The van der Waals surface area contributed by atoms with Crippen LogP contribution in [0, 0.1) is 0 Å². The van der Waals surface area contributed by atoms with E-state index in [0.717, 1.165) is 5.56 Å². The zero-order chi connectivity index (χ0) is 13.8. The van der Waals surface area contributed by atoms with Gasteiger partial charge >= 0.3 is 6.18 Å². The van der Waals surface area contributed by atoms with E-state index in [-0.39, 0.29) is 17.5 Å². The molecule has 0 amide bonds. The van der Waals surface area contributed by atoms with Crippen LogP contribution in [0.5, 0.6) is 11.5 Å². The van der Waals surface area contributed by atoms with E-state index in [1.165, 1.54) is 13.2 Å². The topological polar surface area (TPSA) is 44.5 Å². The molecular weight excluding hydrogens is 247 g/mol. The molecule has 0 aromatic heterocycles. The van der Waals surface area contributed by atoms with Crippen molar-refractivity contribution in [3.63, 3.8) is 0 Å². The van der Waals surface area contributed by atoms with E-state index in [0.29, 0.717) is 6.42 Å². The van der Waals surface area contributed by atoms with E-state index in [2.05, 4.69) is 4.74 Å². The van der Waals surface area contributed by atoms with Crippen LogP contribution < -0.4 is 15.2 Å². The van der Waals surface area contributed by atoms with Crippen molar-refractivity contribution in [2.45, 2.75) is 25.6 Å². The Hall–Kier alpha value is -1.43. The van der Waals surface area contributed by atoms with E-state index in [4.69, 9.17) is 10.5 Å². The van der Waals surface area contributed by atoms with Crippen LogP contribution in [0.1, 0.15) is 12.5 Å². The molecule has 102 valence electrons. The number of hydrogen-bond acceptors (Lipinski definition) is 3. The average Bonchev–Trinajstić information content (AvgIpc) is 2.25. The summed E-state index contributed by atoms with van der Waals surface area (Å²) in [5, 5.41) is 0. The minimum Gasteiger partial charge on any atom is -0.493 e. The van der Waals surface area contributed by atoms with Gasteiger partial charge in [0.1, 0.15) is 0 Å². The zero-order valence-electron chi connectivity index (χ0n) is 10.3. The molecular formula is C12H16F3NO2. The van der Waals surface area contributed by atoms with Crippen molar-refractivity contribution >= 4 is 0 Å². The van der Waals surface area contributed by atoms with Crippen molar-refractivity contribution in [3.05, 3.63) is 23.8 Å². The van der Waals surface area contributed by atoms with Gasteiger partial charge in [-0.25, -0.2) is 0 Å². The van der Waals surface area contributed by atoms with E-state index >= 15 is 0 Å². The molecule has 0 aliphatic carbocycles. The quantitative estimate of drug-likeness (QED) is 0.887. The van der Waals surface area contributed by atoms with Crippen molar-refractivity contribution in [2.24, 2.45) is 5.73 Å². The first kappa shape index (κ1) is 14.6. The summed E-state index contributed by atoms with van der Waals surface area (Å²) in [6, 6.07) is 4.74. The fraction of sp³-hybridized carbons (Fsp3) is 0.500. The van der Waals surface area contributed by atoms with Crippen LogP contribution in [0.15, 0.2) is 18.2 Å². The lowest BCUT2D eigenvalue weighted by molar-refractivity contribution is -0.153. The van der Waals surface area contributed by atoms with Crippen LogP contribution in [0.25, 0.3) is 0 Å². The Labute approximate surface area is 104 Å². The molecule has 0 fully saturated rings. The van der Waals surface area contributed by atoms with Crippen molar-refractivity contribution in [1.29, 1.82) is 0 Å². The third kappa shape index (κ3) is 4.83. The monoisotopic (exact) mass is 263 g/mol. The standard InChI is InChI=1S/C12H16F3NO2/c1-8(16)5-9-3-4-10(11(6-9)17-2)18-7-12(13,14)15/h3-4,6,8H,5,7,16H2,1-2H3. The van der Waals surface area contributed by atoms with Gasteiger partial charge in [-0.2, -0.15) is 13.2 Å². The molecule has 0 saturated carbocycles. The zero-order valence-corrected chi connectivity index (χ0v) is 10.3. The molecule has 1 unspecified atom stereocenters. The smallest absolute Gasteiger partial charge is 0.422 e. The number of nitrogens with two attached hydrogens (primary N) is 1. The molecule has 1 aromatic carbocycles. The molecule has 0 aliphatic heterocycles. The van der Waals surface area contributed by atoms with E-state index in [1.807, 2.05) is 6.92 Å². The largest absolute Gasteiger partial charge is 0.493 e. The molecule has 2 N–H and O–H groups in total. The van der Waals surface area contributed by atoms with Crippen molar-refractivity contribution < 1.29 is 22.6 Å². The Balaban J connectivity index is 2.80. The van der Waals surface area contributed by atoms with Gasteiger partial charge in [0.25, 0.3) is 0 Å². The second-order valence-electron chi connectivity index (χ2n) is 4.07. The van der Waals surface area contributed by atoms with Crippen molar-refractivity contribution in [1.82, 2.24) is 0 Å². The van der Waals surface area contributed by atoms with Gasteiger partial charge < -0.3 is 15.2 Å². The molecule has 6 heteroatoms. The van der Waals surface area contributed by atoms with Gasteiger partial charge in [0.2, 0.25) is 0 Å². The number of methoxy groups -OCH3 is 1. The van der Waals surface area contributed by atoms with Crippen LogP contribution in [-0.2, 0) is 6.42 Å². The number of halogens is 3. The first-order valence-corrected chi connectivity index (χ1v) is 5.44. The third-order valence-corrected chi connectivity index (χ3v) is 2.18. The summed E-state index contributed by atoms with van der Waals surface area (Å²) in [5.74, 6) is 0.348. The van der Waals surface area contributed by atoms with E-state index < -0.39 is 12.8 Å². The molecule has 3 nitrogen and oxygen atoms in total. The Morgan fingerprint density at radius 2 is 1.94 bits per heavy atom. The number of hydrogen-bond donors (Lipinski definition) is 1. The van der Waals surface area contributed by atoms with Gasteiger partial charge in [0.15, 0.2) is 18.1 Å². The summed E-state index contributed by atoms with van der Waals surface area (Å²) in [5.41, 5.74) is 6.54. The molecule has 1 atom stereocenters. The van der Waals surface area contributed by atoms with Crippen LogP contribution in [0.3, 0.4) is 0 Å². The molecule has 0 bridgehead atoms. The molecule has 1 aromatic rings. The first-order chi connectivity index (χ1) is 8.31. The lowest BCUT2D eigenvalue weighted by atomic mass is 10.1. The Kier molecular flexibility index (Phi) is 4.84. The molecule has 0 radical (unpaired) electrons. The second kappa shape index (κ2) is 5.95. The van der Waals surface area contributed by atoms with Crippen LogP contribution in [0.4, 0.5) is 13.2 Å². The molecule has 0 heterocycles. The van der Waals surface area contributed by atoms with Gasteiger partial charge in [-0.15, -0.1) is 0 Å². The Morgan fingerprint density at radius 3 is 2.44 bits per heavy atom. The molecule has 0 saturated heterocycles. The number of benzene rings is 1. The van der Waals surface area contributed by atoms with E-state index in [1.54, 1.807) is 12.1 Å². The maximum atomic E-state index is 12.0. The Bertz CT molecular complexity index is 391. The predicted octanol–water partition coefficient (Wildman–Crippen LogP) is 2.53. The normalized spacial score (nSPS) is 13.2. The number of alkyl halides is 3. The number of ether oxygens (including phenoxy) is 2. The maximum absolute atomic E-state index is 12.0. The molecule has 0 spiro atoms. The van der Waals surface area contributed by atoms with Crippen molar-refractivity contribution in [2.75, 3.05) is 13.7 Å². The molecule has 18 heavy (non-hydrogen) atoms. The van der Waals surface area contributed by atoms with Gasteiger partial charge in [0, 0.05) is 6.04 Å². The third-order valence-electron chi connectivity index (χ3n) is 2.18. The SMILES string of the molecule is COc1cc(CC(C)N)ccc1OCC(F)(F)F. The fourth-order valence-electron chi connectivity index (χ4n) is 1.49. The molecule has 1 rings (SSSR count). The lowest BCUT2D eigenvalue weighted by Gasteiger charge is -2.14. The Morgan fingerprint density at radius 1 is 1.28 bits per heavy atom. The summed E-state index contributed by atoms with van der Waals surface area (Å²) < 4.78 is 45.8. The summed E-state index contributed by atoms with van der Waals surface area (Å²) in [6.07, 6.45) is -3.74. The van der Waals surface area contributed by atoms with Gasteiger partial charge in [-0.1, -0.05) is 6.07 Å². The van der Waals surface area contributed by atoms with E-state index in [9.17, 15) is 13.2 Å². The number of rotatable bonds is 5. The van der Waals surface area contributed by atoms with Crippen molar-refractivity contribution in [3.8, 4) is 11.5 Å². The summed E-state index contributed by atoms with van der Waals surface area (Å²) in [6.45, 7) is 0.510. The first-order valence-electron chi connectivity index (χ1n) is 5.44. The van der Waals surface area contributed by atoms with Crippen LogP contribution in [-0.4, -0.2) is 25.9 Å². The van der Waals surface area contributed by atoms with Crippen LogP contribution in [0.2, 0.25) is 0 Å². The highest BCUT2D eigenvalue weighted by Gasteiger charge is 2.29. The predicted molar refractivity (Wildman–Crippen MR) is 61.9 cm³/mol. The summed E-state index contributed by atoms with van der Waals surface area (Å²) >= 11 is 0. The van der Waals surface area contributed by atoms with Gasteiger partial charge in [-0.05, 0) is 31.0 Å². The highest BCUT2D eigenvalue weighted by Crippen LogP contribution is 2.30. The summed E-state index contributed by atoms with van der Waals surface area (Å²) in [4.78, 5) is 0. The average molecular weight is 263 g/mol. The summed E-state index contributed by atoms with van der Waals surface area (Å²) in [7, 11) is 1.38.